The number of rotatable bonds is 2. The van der Waals surface area contributed by atoms with Gasteiger partial charge in [0.25, 0.3) is 0 Å². The van der Waals surface area contributed by atoms with Gasteiger partial charge in [0.05, 0.1) is 0 Å². The van der Waals surface area contributed by atoms with Crippen LogP contribution in [-0.2, 0) is 0 Å². The van der Waals surface area contributed by atoms with Crippen LogP contribution in [0.3, 0.4) is 0 Å². The molecule has 0 radical (unpaired) electrons. The molecule has 0 heterocycles. The lowest BCUT2D eigenvalue weighted by atomic mass is 10.1. The summed E-state index contributed by atoms with van der Waals surface area (Å²) < 4.78 is 0. The molecule has 1 aromatic carbocycles. The third-order valence-electron chi connectivity index (χ3n) is 2.65. The van der Waals surface area contributed by atoms with E-state index in [4.69, 9.17) is 0 Å². The molecule has 1 fully saturated rings. The van der Waals surface area contributed by atoms with Crippen molar-refractivity contribution in [3.63, 3.8) is 0 Å². The largest absolute Gasteiger partial charge is 0.306 e. The maximum Gasteiger partial charge on any atom is 0.0165 e. The van der Waals surface area contributed by atoms with Crippen LogP contribution in [-0.4, -0.2) is 25.0 Å². The van der Waals surface area contributed by atoms with Crippen LogP contribution >= 0.6 is 0 Å². The van der Waals surface area contributed by atoms with E-state index in [0.717, 1.165) is 12.0 Å². The lowest BCUT2D eigenvalue weighted by Crippen LogP contribution is -2.15. The normalized spacial score (nSPS) is 27.6. The molecule has 0 spiro atoms. The predicted octanol–water partition coefficient (Wildman–Crippen LogP) is 2.10. The molecule has 0 N–H and O–H groups in total. The van der Waals surface area contributed by atoms with Gasteiger partial charge in [-0.3, -0.25) is 0 Å². The van der Waals surface area contributed by atoms with Crippen molar-refractivity contribution in [3.05, 3.63) is 35.9 Å². The molecule has 0 unspecified atom stereocenters. The predicted molar refractivity (Wildman–Crippen MR) is 51.3 cm³/mol. The maximum atomic E-state index is 2.32. The summed E-state index contributed by atoms with van der Waals surface area (Å²) in [7, 11) is 4.32. The number of likely N-dealkylation sites (N-methyl/N-ethyl adjacent to an activating group) is 1. The topological polar surface area (TPSA) is 3.24 Å². The third-order valence-corrected chi connectivity index (χ3v) is 2.65. The van der Waals surface area contributed by atoms with Crippen LogP contribution in [0.4, 0.5) is 0 Å². The zero-order valence-corrected chi connectivity index (χ0v) is 7.70. The number of nitrogens with zero attached hydrogens (tertiary/aromatic N) is 1. The number of hydrogen-bond donors (Lipinski definition) is 0. The molecule has 1 saturated carbocycles. The monoisotopic (exact) mass is 161 g/mol. The van der Waals surface area contributed by atoms with Crippen LogP contribution in [0.2, 0.25) is 0 Å². The minimum absolute atomic E-state index is 0.785. The highest BCUT2D eigenvalue weighted by Crippen LogP contribution is 2.43. The molecule has 0 aliphatic heterocycles. The SMILES string of the molecule is CN(C)[C@@H]1C[C@H]1c1ccccc1. The van der Waals surface area contributed by atoms with E-state index in [9.17, 15) is 0 Å². The third kappa shape index (κ3) is 1.37. The van der Waals surface area contributed by atoms with Crippen molar-refractivity contribution in [1.29, 1.82) is 0 Å². The summed E-state index contributed by atoms with van der Waals surface area (Å²) in [6, 6.07) is 11.6. The fourth-order valence-corrected chi connectivity index (χ4v) is 1.81. The van der Waals surface area contributed by atoms with Gasteiger partial charge in [0.15, 0.2) is 0 Å². The molecule has 0 bridgehead atoms. The molecule has 2 rings (SSSR count). The number of benzene rings is 1. The Morgan fingerprint density at radius 1 is 1.17 bits per heavy atom. The summed E-state index contributed by atoms with van der Waals surface area (Å²) in [4.78, 5) is 2.32. The Labute approximate surface area is 74.0 Å². The van der Waals surface area contributed by atoms with E-state index < -0.39 is 0 Å². The standard InChI is InChI=1S/C11H15N/c1-12(2)11-8-10(11)9-6-4-3-5-7-9/h3-7,10-11H,8H2,1-2H3/t10-,11+/m0/s1. The summed E-state index contributed by atoms with van der Waals surface area (Å²) in [6.07, 6.45) is 1.33. The van der Waals surface area contributed by atoms with Crippen LogP contribution in [0.25, 0.3) is 0 Å². The second-order valence-corrected chi connectivity index (χ2v) is 3.78. The van der Waals surface area contributed by atoms with E-state index in [2.05, 4.69) is 49.3 Å². The van der Waals surface area contributed by atoms with E-state index in [-0.39, 0.29) is 0 Å². The van der Waals surface area contributed by atoms with Crippen molar-refractivity contribution in [1.82, 2.24) is 4.90 Å². The van der Waals surface area contributed by atoms with Gasteiger partial charge in [0, 0.05) is 12.0 Å². The lowest BCUT2D eigenvalue weighted by molar-refractivity contribution is 0.391. The molecule has 0 amide bonds. The van der Waals surface area contributed by atoms with Crippen molar-refractivity contribution < 1.29 is 0 Å². The van der Waals surface area contributed by atoms with Gasteiger partial charge in [-0.05, 0) is 26.1 Å². The molecular formula is C11H15N. The Bertz CT molecular complexity index is 253. The van der Waals surface area contributed by atoms with Crippen molar-refractivity contribution in [2.45, 2.75) is 18.4 Å². The van der Waals surface area contributed by atoms with Crippen LogP contribution in [0.5, 0.6) is 0 Å². The van der Waals surface area contributed by atoms with E-state index in [0.29, 0.717) is 0 Å². The van der Waals surface area contributed by atoms with Crippen LogP contribution < -0.4 is 0 Å². The van der Waals surface area contributed by atoms with Gasteiger partial charge in [-0.25, -0.2) is 0 Å². The summed E-state index contributed by atoms with van der Waals surface area (Å²) in [5.74, 6) is 0.793. The van der Waals surface area contributed by atoms with Crippen molar-refractivity contribution in [2.75, 3.05) is 14.1 Å². The van der Waals surface area contributed by atoms with Crippen LogP contribution in [0, 0.1) is 0 Å². The average Bonchev–Trinajstić information content (AvgIpc) is 2.84. The van der Waals surface area contributed by atoms with E-state index in [1.807, 2.05) is 0 Å². The summed E-state index contributed by atoms with van der Waals surface area (Å²) in [5.41, 5.74) is 1.50. The maximum absolute atomic E-state index is 2.32. The fourth-order valence-electron chi connectivity index (χ4n) is 1.81. The molecule has 2 atom stereocenters. The van der Waals surface area contributed by atoms with E-state index in [1.165, 1.54) is 12.0 Å². The molecule has 1 aliphatic carbocycles. The minimum Gasteiger partial charge on any atom is -0.306 e. The molecule has 1 heteroatoms. The second kappa shape index (κ2) is 2.91. The highest BCUT2D eigenvalue weighted by atomic mass is 15.1. The van der Waals surface area contributed by atoms with Gasteiger partial charge in [-0.1, -0.05) is 30.3 Å². The zero-order valence-electron chi connectivity index (χ0n) is 7.70. The van der Waals surface area contributed by atoms with Gasteiger partial charge in [-0.15, -0.1) is 0 Å². The van der Waals surface area contributed by atoms with Crippen LogP contribution in [0.1, 0.15) is 17.9 Å². The number of hydrogen-bond acceptors (Lipinski definition) is 1. The Balaban J connectivity index is 2.06. The fraction of sp³-hybridized carbons (Fsp3) is 0.455. The molecule has 1 nitrogen and oxygen atoms in total. The quantitative estimate of drug-likeness (QED) is 0.642. The lowest BCUT2D eigenvalue weighted by Gasteiger charge is -2.08. The molecule has 0 aromatic heterocycles. The first-order chi connectivity index (χ1) is 5.79. The summed E-state index contributed by atoms with van der Waals surface area (Å²) in [6.45, 7) is 0. The second-order valence-electron chi connectivity index (χ2n) is 3.78. The Kier molecular flexibility index (Phi) is 1.89. The van der Waals surface area contributed by atoms with Gasteiger partial charge >= 0.3 is 0 Å². The highest BCUT2D eigenvalue weighted by Gasteiger charge is 2.39. The molecule has 0 saturated heterocycles. The smallest absolute Gasteiger partial charge is 0.0165 e. The molecular weight excluding hydrogens is 146 g/mol. The Morgan fingerprint density at radius 3 is 2.33 bits per heavy atom. The van der Waals surface area contributed by atoms with Crippen molar-refractivity contribution in [3.8, 4) is 0 Å². The first-order valence-electron chi connectivity index (χ1n) is 4.50. The van der Waals surface area contributed by atoms with Gasteiger partial charge in [0.1, 0.15) is 0 Å². The van der Waals surface area contributed by atoms with Crippen molar-refractivity contribution >= 4 is 0 Å². The summed E-state index contributed by atoms with van der Waals surface area (Å²) in [5, 5.41) is 0. The first-order valence-corrected chi connectivity index (χ1v) is 4.50. The molecule has 1 aliphatic rings. The summed E-state index contributed by atoms with van der Waals surface area (Å²) >= 11 is 0. The Morgan fingerprint density at radius 2 is 1.83 bits per heavy atom. The van der Waals surface area contributed by atoms with E-state index >= 15 is 0 Å². The Hall–Kier alpha value is -0.820. The van der Waals surface area contributed by atoms with Gasteiger partial charge < -0.3 is 4.90 Å². The molecule has 12 heavy (non-hydrogen) atoms. The minimum atomic E-state index is 0.785. The van der Waals surface area contributed by atoms with Gasteiger partial charge in [0.2, 0.25) is 0 Å². The highest BCUT2D eigenvalue weighted by molar-refractivity contribution is 5.27. The van der Waals surface area contributed by atoms with Crippen LogP contribution in [0.15, 0.2) is 30.3 Å². The zero-order chi connectivity index (χ0) is 8.55. The average molecular weight is 161 g/mol. The van der Waals surface area contributed by atoms with E-state index in [1.54, 1.807) is 0 Å². The van der Waals surface area contributed by atoms with Crippen molar-refractivity contribution in [2.24, 2.45) is 0 Å². The first kappa shape index (κ1) is 7.81. The van der Waals surface area contributed by atoms with Gasteiger partial charge in [-0.2, -0.15) is 0 Å². The molecule has 1 aromatic rings. The molecule has 64 valence electrons.